The molecule has 0 radical (unpaired) electrons. The van der Waals surface area contributed by atoms with Gasteiger partial charge in [-0.25, -0.2) is 5.43 Å². The van der Waals surface area contributed by atoms with Crippen molar-refractivity contribution in [3.8, 4) is 5.75 Å². The summed E-state index contributed by atoms with van der Waals surface area (Å²) in [6, 6.07) is 8.88. The lowest BCUT2D eigenvalue weighted by molar-refractivity contribution is -0.384. The molecule has 1 aliphatic rings. The minimum Gasteiger partial charge on any atom is -0.481 e. The molecular weight excluding hydrogens is 388 g/mol. The molecule has 0 spiro atoms. The molecule has 1 heterocycles. The summed E-state index contributed by atoms with van der Waals surface area (Å²) in [5.41, 5.74) is 3.33. The minimum atomic E-state index is -0.904. The molecule has 1 atom stereocenters. The lowest BCUT2D eigenvalue weighted by atomic mass is 10.1. The molecule has 2 N–H and O–H groups in total. The molecule has 0 aromatic heterocycles. The Morgan fingerprint density at radius 2 is 2.07 bits per heavy atom. The summed E-state index contributed by atoms with van der Waals surface area (Å²) in [7, 11) is 0. The Morgan fingerprint density at radius 1 is 1.32 bits per heavy atom. The van der Waals surface area contributed by atoms with Gasteiger partial charge in [-0.2, -0.15) is 5.10 Å². The molecule has 0 bridgehead atoms. The SMILES string of the molecule is Cc1cc(Cl)ccc1OC(C)C(=O)N/N=C1/C(=O)Nc2ccc([N+](=O)[O-])cc21. The lowest BCUT2D eigenvalue weighted by Gasteiger charge is -2.15. The normalized spacial score (nSPS) is 15.0. The van der Waals surface area contributed by atoms with Gasteiger partial charge in [0, 0.05) is 22.7 Å². The molecule has 2 amide bonds. The maximum absolute atomic E-state index is 12.3. The summed E-state index contributed by atoms with van der Waals surface area (Å²) in [5, 5.41) is 17.8. The van der Waals surface area contributed by atoms with Crippen molar-refractivity contribution in [2.75, 3.05) is 5.32 Å². The maximum atomic E-state index is 12.3. The van der Waals surface area contributed by atoms with Crippen molar-refractivity contribution in [1.82, 2.24) is 5.43 Å². The molecule has 1 aliphatic heterocycles. The number of nitro groups is 1. The molecule has 0 saturated heterocycles. The number of hydrogen-bond donors (Lipinski definition) is 2. The average Bonchev–Trinajstić information content (AvgIpc) is 2.96. The van der Waals surface area contributed by atoms with Gasteiger partial charge in [0.1, 0.15) is 5.75 Å². The van der Waals surface area contributed by atoms with Gasteiger partial charge in [-0.05, 0) is 43.7 Å². The maximum Gasteiger partial charge on any atom is 0.280 e. The zero-order chi connectivity index (χ0) is 20.4. The predicted octanol–water partition coefficient (Wildman–Crippen LogP) is 2.80. The number of anilines is 1. The monoisotopic (exact) mass is 402 g/mol. The molecule has 2 aromatic carbocycles. The van der Waals surface area contributed by atoms with Crippen molar-refractivity contribution < 1.29 is 19.2 Å². The fourth-order valence-corrected chi connectivity index (χ4v) is 2.78. The van der Waals surface area contributed by atoms with E-state index in [1.807, 2.05) is 0 Å². The number of amides is 2. The van der Waals surface area contributed by atoms with Crippen LogP contribution in [0.1, 0.15) is 18.1 Å². The first kappa shape index (κ1) is 19.3. The molecule has 0 fully saturated rings. The smallest absolute Gasteiger partial charge is 0.280 e. The van der Waals surface area contributed by atoms with Gasteiger partial charge in [0.15, 0.2) is 11.8 Å². The highest BCUT2D eigenvalue weighted by Gasteiger charge is 2.29. The van der Waals surface area contributed by atoms with E-state index >= 15 is 0 Å². The number of rotatable bonds is 5. The van der Waals surface area contributed by atoms with Crippen LogP contribution in [0, 0.1) is 17.0 Å². The second-order valence-corrected chi connectivity index (χ2v) is 6.48. The second kappa shape index (κ2) is 7.65. The number of carbonyl (C=O) groups excluding carboxylic acids is 2. The number of nitrogens with zero attached hydrogens (tertiary/aromatic N) is 2. The third-order valence-electron chi connectivity index (χ3n) is 4.02. The van der Waals surface area contributed by atoms with Crippen molar-refractivity contribution in [2.24, 2.45) is 5.10 Å². The zero-order valence-corrected chi connectivity index (χ0v) is 15.6. The number of benzene rings is 2. The minimum absolute atomic E-state index is 0.123. The van der Waals surface area contributed by atoms with E-state index in [-0.39, 0.29) is 17.0 Å². The highest BCUT2D eigenvalue weighted by Crippen LogP contribution is 2.27. The number of fused-ring (bicyclic) bond motifs is 1. The number of ether oxygens (including phenoxy) is 1. The van der Waals surface area contributed by atoms with E-state index in [4.69, 9.17) is 16.3 Å². The van der Waals surface area contributed by atoms with Gasteiger partial charge in [0.05, 0.1) is 10.6 Å². The molecule has 28 heavy (non-hydrogen) atoms. The van der Waals surface area contributed by atoms with Crippen molar-refractivity contribution in [2.45, 2.75) is 20.0 Å². The van der Waals surface area contributed by atoms with Crippen molar-refractivity contribution in [3.63, 3.8) is 0 Å². The third-order valence-corrected chi connectivity index (χ3v) is 4.26. The van der Waals surface area contributed by atoms with Crippen LogP contribution in [-0.4, -0.2) is 28.6 Å². The van der Waals surface area contributed by atoms with Gasteiger partial charge in [0.2, 0.25) is 0 Å². The summed E-state index contributed by atoms with van der Waals surface area (Å²) in [6.45, 7) is 3.32. The van der Waals surface area contributed by atoms with Crippen molar-refractivity contribution in [3.05, 3.63) is 62.7 Å². The van der Waals surface area contributed by atoms with Gasteiger partial charge in [-0.15, -0.1) is 0 Å². The standard InChI is InChI=1S/C18H15ClN4O5/c1-9-7-11(19)3-6-15(9)28-10(2)17(24)22-21-16-13-8-12(23(26)27)4-5-14(13)20-18(16)25/h3-8,10H,1-2H3,(H,22,24)(H,20,21,25). The molecule has 0 saturated carbocycles. The summed E-state index contributed by atoms with van der Waals surface area (Å²) < 4.78 is 5.59. The Labute approximate surface area is 164 Å². The highest BCUT2D eigenvalue weighted by molar-refractivity contribution is 6.53. The molecule has 3 rings (SSSR count). The number of hydrazone groups is 1. The molecular formula is C18H15ClN4O5. The summed E-state index contributed by atoms with van der Waals surface area (Å²) in [5.74, 6) is -0.675. The Bertz CT molecular complexity index is 1020. The molecule has 144 valence electrons. The van der Waals surface area contributed by atoms with Crippen molar-refractivity contribution >= 4 is 40.5 Å². The van der Waals surface area contributed by atoms with Crippen molar-refractivity contribution in [1.29, 1.82) is 0 Å². The number of carbonyl (C=O) groups is 2. The summed E-state index contributed by atoms with van der Waals surface area (Å²) >= 11 is 5.89. The van der Waals surface area contributed by atoms with E-state index in [1.54, 1.807) is 25.1 Å². The van der Waals surface area contributed by atoms with Gasteiger partial charge in [-0.1, -0.05) is 11.6 Å². The lowest BCUT2D eigenvalue weighted by Crippen LogP contribution is -2.34. The van der Waals surface area contributed by atoms with Crippen LogP contribution in [0.2, 0.25) is 5.02 Å². The van der Waals surface area contributed by atoms with E-state index in [0.717, 1.165) is 5.56 Å². The van der Waals surface area contributed by atoms with Crippen LogP contribution >= 0.6 is 11.6 Å². The first-order valence-corrected chi connectivity index (χ1v) is 8.54. The fourth-order valence-electron chi connectivity index (χ4n) is 2.56. The second-order valence-electron chi connectivity index (χ2n) is 6.05. The van der Waals surface area contributed by atoms with Gasteiger partial charge < -0.3 is 10.1 Å². The summed E-state index contributed by atoms with van der Waals surface area (Å²) in [6.07, 6.45) is -0.904. The number of nitro benzene ring substituents is 1. The molecule has 0 aliphatic carbocycles. The van der Waals surface area contributed by atoms with Crippen LogP contribution in [-0.2, 0) is 9.59 Å². The number of non-ortho nitro benzene ring substituents is 1. The van der Waals surface area contributed by atoms with Crippen LogP contribution in [0.15, 0.2) is 41.5 Å². The first-order valence-electron chi connectivity index (χ1n) is 8.17. The van der Waals surface area contributed by atoms with Crippen LogP contribution in [0.3, 0.4) is 0 Å². The van der Waals surface area contributed by atoms with Gasteiger partial charge in [0.25, 0.3) is 17.5 Å². The fraction of sp³-hybridized carbons (Fsp3) is 0.167. The van der Waals surface area contributed by atoms with E-state index < -0.39 is 22.8 Å². The van der Waals surface area contributed by atoms with Crippen LogP contribution < -0.4 is 15.5 Å². The third kappa shape index (κ3) is 3.94. The van der Waals surface area contributed by atoms with Crippen LogP contribution in [0.4, 0.5) is 11.4 Å². The number of hydrogen-bond acceptors (Lipinski definition) is 6. The Morgan fingerprint density at radius 3 is 2.75 bits per heavy atom. The van der Waals surface area contributed by atoms with E-state index in [0.29, 0.717) is 16.5 Å². The Kier molecular flexibility index (Phi) is 5.27. The van der Waals surface area contributed by atoms with Gasteiger partial charge in [-0.3, -0.25) is 19.7 Å². The van der Waals surface area contributed by atoms with Gasteiger partial charge >= 0.3 is 0 Å². The summed E-state index contributed by atoms with van der Waals surface area (Å²) in [4.78, 5) is 34.7. The molecule has 1 unspecified atom stereocenters. The Hall–Kier alpha value is -3.46. The number of nitrogens with one attached hydrogen (secondary N) is 2. The molecule has 9 nitrogen and oxygen atoms in total. The van der Waals surface area contributed by atoms with E-state index in [9.17, 15) is 19.7 Å². The number of aryl methyl sites for hydroxylation is 1. The van der Waals surface area contributed by atoms with E-state index in [1.165, 1.54) is 25.1 Å². The molecule has 2 aromatic rings. The van der Waals surface area contributed by atoms with Crippen LogP contribution in [0.25, 0.3) is 0 Å². The number of halogens is 1. The molecule has 10 heteroatoms. The largest absolute Gasteiger partial charge is 0.481 e. The van der Waals surface area contributed by atoms with E-state index in [2.05, 4.69) is 15.8 Å². The Balaban J connectivity index is 1.74. The first-order chi connectivity index (χ1) is 13.3. The highest BCUT2D eigenvalue weighted by atomic mass is 35.5. The predicted molar refractivity (Wildman–Crippen MR) is 103 cm³/mol. The topological polar surface area (TPSA) is 123 Å². The van der Waals surface area contributed by atoms with Crippen LogP contribution in [0.5, 0.6) is 5.75 Å². The zero-order valence-electron chi connectivity index (χ0n) is 14.9. The average molecular weight is 403 g/mol. The quantitative estimate of drug-likeness (QED) is 0.588.